The van der Waals surface area contributed by atoms with E-state index in [2.05, 4.69) is 36.3 Å². The number of hydrogen-bond acceptors (Lipinski definition) is 3. The van der Waals surface area contributed by atoms with Crippen LogP contribution in [0.25, 0.3) is 5.69 Å². The van der Waals surface area contributed by atoms with E-state index < -0.39 is 0 Å². The number of benzene rings is 1. The van der Waals surface area contributed by atoms with E-state index in [1.807, 2.05) is 41.2 Å². The minimum Gasteiger partial charge on any atom is -0.346 e. The SMILES string of the molecule is CC(C)(C)n1nc(C(=O)NCc2cnn(-c3ccc(Cl)cc3)c2)cc1C1CC1. The first-order valence-corrected chi connectivity index (χ1v) is 9.87. The van der Waals surface area contributed by atoms with Crippen LogP contribution in [-0.2, 0) is 12.1 Å². The molecule has 0 aliphatic heterocycles. The highest BCUT2D eigenvalue weighted by atomic mass is 35.5. The molecule has 0 spiro atoms. The van der Waals surface area contributed by atoms with E-state index in [4.69, 9.17) is 11.6 Å². The van der Waals surface area contributed by atoms with E-state index in [-0.39, 0.29) is 11.4 Å². The van der Waals surface area contributed by atoms with Gasteiger partial charge >= 0.3 is 0 Å². The second-order valence-corrected chi connectivity index (χ2v) is 8.70. The van der Waals surface area contributed by atoms with Gasteiger partial charge in [-0.05, 0) is 63.9 Å². The Morgan fingerprint density at radius 2 is 1.96 bits per heavy atom. The molecule has 2 heterocycles. The Labute approximate surface area is 169 Å². The average molecular weight is 398 g/mol. The quantitative estimate of drug-likeness (QED) is 0.698. The van der Waals surface area contributed by atoms with Gasteiger partial charge in [-0.2, -0.15) is 10.2 Å². The molecule has 3 aromatic rings. The van der Waals surface area contributed by atoms with Crippen LogP contribution in [0.3, 0.4) is 0 Å². The summed E-state index contributed by atoms with van der Waals surface area (Å²) >= 11 is 5.93. The van der Waals surface area contributed by atoms with Gasteiger partial charge in [0.05, 0.1) is 17.4 Å². The van der Waals surface area contributed by atoms with E-state index in [0.717, 1.165) is 16.9 Å². The summed E-state index contributed by atoms with van der Waals surface area (Å²) in [5.74, 6) is 0.370. The molecular weight excluding hydrogens is 374 g/mol. The van der Waals surface area contributed by atoms with Crippen LogP contribution < -0.4 is 5.32 Å². The Morgan fingerprint density at radius 1 is 1.25 bits per heavy atom. The van der Waals surface area contributed by atoms with Gasteiger partial charge in [0, 0.05) is 34.9 Å². The first-order chi connectivity index (χ1) is 13.3. The third-order valence-corrected chi connectivity index (χ3v) is 5.03. The summed E-state index contributed by atoms with van der Waals surface area (Å²) in [5.41, 5.74) is 3.33. The Balaban J connectivity index is 1.44. The van der Waals surface area contributed by atoms with Crippen molar-refractivity contribution in [3.63, 3.8) is 0 Å². The second-order valence-electron chi connectivity index (χ2n) is 8.26. The monoisotopic (exact) mass is 397 g/mol. The molecule has 1 aromatic carbocycles. The van der Waals surface area contributed by atoms with Crippen molar-refractivity contribution in [2.75, 3.05) is 0 Å². The molecule has 0 bridgehead atoms. The topological polar surface area (TPSA) is 64.7 Å². The summed E-state index contributed by atoms with van der Waals surface area (Å²) in [7, 11) is 0. The summed E-state index contributed by atoms with van der Waals surface area (Å²) in [6.07, 6.45) is 5.99. The van der Waals surface area contributed by atoms with Crippen LogP contribution in [0.2, 0.25) is 5.02 Å². The molecule has 2 aromatic heterocycles. The number of hydrogen-bond donors (Lipinski definition) is 1. The van der Waals surface area contributed by atoms with Crippen molar-refractivity contribution in [2.45, 2.75) is 51.6 Å². The van der Waals surface area contributed by atoms with Crippen molar-refractivity contribution in [1.29, 1.82) is 0 Å². The maximum atomic E-state index is 12.6. The summed E-state index contributed by atoms with van der Waals surface area (Å²) < 4.78 is 3.76. The fourth-order valence-corrected chi connectivity index (χ4v) is 3.30. The molecule has 1 amide bonds. The van der Waals surface area contributed by atoms with Crippen LogP contribution in [0, 0.1) is 0 Å². The molecule has 146 valence electrons. The van der Waals surface area contributed by atoms with Gasteiger partial charge in [-0.25, -0.2) is 4.68 Å². The molecular formula is C21H24ClN5O. The molecule has 0 saturated heterocycles. The fourth-order valence-electron chi connectivity index (χ4n) is 3.17. The zero-order valence-corrected chi connectivity index (χ0v) is 17.1. The summed E-state index contributed by atoms with van der Waals surface area (Å²) in [6, 6.07) is 9.38. The number of carbonyl (C=O) groups excluding carboxylic acids is 1. The van der Waals surface area contributed by atoms with Gasteiger partial charge in [-0.1, -0.05) is 11.6 Å². The minimum absolute atomic E-state index is 0.143. The van der Waals surface area contributed by atoms with Crippen molar-refractivity contribution >= 4 is 17.5 Å². The molecule has 1 aliphatic rings. The number of amides is 1. The number of carbonyl (C=O) groups is 1. The normalized spacial score (nSPS) is 14.3. The molecule has 4 rings (SSSR count). The van der Waals surface area contributed by atoms with E-state index in [1.54, 1.807) is 10.9 Å². The number of aromatic nitrogens is 4. The van der Waals surface area contributed by atoms with Crippen LogP contribution in [-0.4, -0.2) is 25.5 Å². The zero-order chi connectivity index (χ0) is 19.9. The predicted molar refractivity (Wildman–Crippen MR) is 109 cm³/mol. The smallest absolute Gasteiger partial charge is 0.272 e. The lowest BCUT2D eigenvalue weighted by Crippen LogP contribution is -2.27. The summed E-state index contributed by atoms with van der Waals surface area (Å²) in [5, 5.41) is 12.6. The molecule has 1 saturated carbocycles. The van der Waals surface area contributed by atoms with Gasteiger partial charge in [0.25, 0.3) is 5.91 Å². The van der Waals surface area contributed by atoms with Crippen molar-refractivity contribution in [3.05, 3.63) is 64.7 Å². The Morgan fingerprint density at radius 3 is 2.61 bits per heavy atom. The van der Waals surface area contributed by atoms with E-state index in [9.17, 15) is 4.79 Å². The van der Waals surface area contributed by atoms with Crippen LogP contribution in [0.5, 0.6) is 0 Å². The number of nitrogens with zero attached hydrogens (tertiary/aromatic N) is 4. The predicted octanol–water partition coefficient (Wildman–Crippen LogP) is 4.28. The van der Waals surface area contributed by atoms with Gasteiger partial charge in [0.15, 0.2) is 0 Å². The van der Waals surface area contributed by atoms with Crippen LogP contribution in [0.4, 0.5) is 0 Å². The van der Waals surface area contributed by atoms with Crippen molar-refractivity contribution in [3.8, 4) is 5.69 Å². The molecule has 28 heavy (non-hydrogen) atoms. The lowest BCUT2D eigenvalue weighted by Gasteiger charge is -2.22. The van der Waals surface area contributed by atoms with E-state index >= 15 is 0 Å². The van der Waals surface area contributed by atoms with Crippen LogP contribution in [0.1, 0.15) is 61.3 Å². The molecule has 1 fully saturated rings. The fraction of sp³-hybridized carbons (Fsp3) is 0.381. The summed E-state index contributed by atoms with van der Waals surface area (Å²) in [6.45, 7) is 6.73. The first-order valence-electron chi connectivity index (χ1n) is 9.49. The highest BCUT2D eigenvalue weighted by Crippen LogP contribution is 2.41. The van der Waals surface area contributed by atoms with E-state index in [1.165, 1.54) is 12.8 Å². The van der Waals surface area contributed by atoms with Crippen molar-refractivity contribution < 1.29 is 4.79 Å². The summed E-state index contributed by atoms with van der Waals surface area (Å²) in [4.78, 5) is 12.6. The minimum atomic E-state index is -0.163. The maximum absolute atomic E-state index is 12.6. The lowest BCUT2D eigenvalue weighted by atomic mass is 10.1. The molecule has 1 aliphatic carbocycles. The molecule has 1 N–H and O–H groups in total. The standard InChI is InChI=1S/C21H24ClN5O/c1-21(2,3)27-19(15-4-5-15)10-18(25-27)20(28)23-11-14-12-24-26(13-14)17-8-6-16(22)7-9-17/h6-10,12-13,15H,4-5,11H2,1-3H3,(H,23,28). The Hall–Kier alpha value is -2.60. The van der Waals surface area contributed by atoms with Crippen molar-refractivity contribution in [1.82, 2.24) is 24.9 Å². The van der Waals surface area contributed by atoms with E-state index in [0.29, 0.717) is 23.2 Å². The highest BCUT2D eigenvalue weighted by Gasteiger charge is 2.32. The van der Waals surface area contributed by atoms with Gasteiger partial charge < -0.3 is 5.32 Å². The third kappa shape index (κ3) is 3.97. The lowest BCUT2D eigenvalue weighted by molar-refractivity contribution is 0.0944. The first kappa shape index (κ1) is 18.7. The van der Waals surface area contributed by atoms with Crippen molar-refractivity contribution in [2.24, 2.45) is 0 Å². The molecule has 0 atom stereocenters. The molecule has 6 nitrogen and oxygen atoms in total. The average Bonchev–Trinajstić information content (AvgIpc) is 3.20. The van der Waals surface area contributed by atoms with Gasteiger partial charge in [0.2, 0.25) is 0 Å². The zero-order valence-electron chi connectivity index (χ0n) is 16.3. The van der Waals surface area contributed by atoms with Gasteiger partial charge in [-0.15, -0.1) is 0 Å². The third-order valence-electron chi connectivity index (χ3n) is 4.78. The maximum Gasteiger partial charge on any atom is 0.272 e. The van der Waals surface area contributed by atoms with Crippen LogP contribution >= 0.6 is 11.6 Å². The van der Waals surface area contributed by atoms with Gasteiger partial charge in [-0.3, -0.25) is 9.48 Å². The number of rotatable bonds is 5. The molecule has 0 unspecified atom stereocenters. The number of nitrogens with one attached hydrogen (secondary N) is 1. The largest absolute Gasteiger partial charge is 0.346 e. The molecule has 0 radical (unpaired) electrons. The number of halogens is 1. The highest BCUT2D eigenvalue weighted by molar-refractivity contribution is 6.30. The van der Waals surface area contributed by atoms with Crippen LogP contribution in [0.15, 0.2) is 42.7 Å². The van der Waals surface area contributed by atoms with Gasteiger partial charge in [0.1, 0.15) is 5.69 Å². The Kier molecular flexibility index (Phi) is 4.75. The Bertz CT molecular complexity index is 993. The second kappa shape index (κ2) is 7.09. The molecule has 7 heteroatoms.